The van der Waals surface area contributed by atoms with Crippen LogP contribution in [-0.2, 0) is 16.1 Å². The first-order valence-corrected chi connectivity index (χ1v) is 13.1. The molecule has 2 amide bonds. The molecular weight excluding hydrogens is 519 g/mol. The van der Waals surface area contributed by atoms with Gasteiger partial charge in [-0.2, -0.15) is 5.10 Å². The Morgan fingerprint density at radius 1 is 0.878 bits per heavy atom. The van der Waals surface area contributed by atoms with Crippen LogP contribution in [0, 0.1) is 12.7 Å². The number of carbonyl (C=O) groups is 2. The highest BCUT2D eigenvalue weighted by molar-refractivity contribution is 5.96. The van der Waals surface area contributed by atoms with E-state index in [-0.39, 0.29) is 5.69 Å². The van der Waals surface area contributed by atoms with Crippen molar-refractivity contribution in [3.8, 4) is 11.1 Å². The monoisotopic (exact) mass is 548 g/mol. The highest BCUT2D eigenvalue weighted by atomic mass is 19.1. The number of carbonyl (C=O) groups excluding carboxylic acids is 2. The summed E-state index contributed by atoms with van der Waals surface area (Å²) < 4.78 is 22.5. The third kappa shape index (κ3) is 6.50. The van der Waals surface area contributed by atoms with Gasteiger partial charge < -0.3 is 15.8 Å². The Kier molecular flexibility index (Phi) is 8.20. The van der Waals surface area contributed by atoms with Crippen molar-refractivity contribution in [2.24, 2.45) is 5.73 Å². The van der Waals surface area contributed by atoms with Crippen molar-refractivity contribution >= 4 is 17.7 Å². The molecule has 5 aromatic rings. The Morgan fingerprint density at radius 3 is 2.02 bits per heavy atom. The van der Waals surface area contributed by atoms with Crippen molar-refractivity contribution in [2.75, 3.05) is 5.32 Å². The van der Waals surface area contributed by atoms with E-state index in [1.54, 1.807) is 23.0 Å². The van der Waals surface area contributed by atoms with Crippen LogP contribution < -0.4 is 11.1 Å². The zero-order valence-electron chi connectivity index (χ0n) is 22.4. The molecule has 0 spiro atoms. The van der Waals surface area contributed by atoms with Crippen LogP contribution in [0.3, 0.4) is 0 Å². The van der Waals surface area contributed by atoms with E-state index in [9.17, 15) is 9.59 Å². The Bertz CT molecular complexity index is 1600. The van der Waals surface area contributed by atoms with Gasteiger partial charge in [0.05, 0.1) is 18.2 Å². The minimum atomic E-state index is -1.31. The topological polar surface area (TPSA) is 99.2 Å². The molecule has 41 heavy (non-hydrogen) atoms. The van der Waals surface area contributed by atoms with Crippen molar-refractivity contribution in [1.29, 1.82) is 0 Å². The number of anilines is 1. The summed E-state index contributed by atoms with van der Waals surface area (Å²) in [6, 6.07) is 32.7. The Morgan fingerprint density at radius 2 is 1.46 bits per heavy atom. The van der Waals surface area contributed by atoms with Gasteiger partial charge in [0.2, 0.25) is 0 Å². The molecule has 8 heteroatoms. The van der Waals surface area contributed by atoms with Crippen LogP contribution in [0.5, 0.6) is 0 Å². The van der Waals surface area contributed by atoms with Gasteiger partial charge in [-0.1, -0.05) is 91.0 Å². The molecule has 0 bridgehead atoms. The number of aryl methyl sites for hydroxylation is 1. The number of ether oxygens (including phenoxy) is 1. The number of aromatic nitrogens is 2. The van der Waals surface area contributed by atoms with Crippen molar-refractivity contribution in [2.45, 2.75) is 25.5 Å². The smallest absolute Gasteiger partial charge is 0.405 e. The van der Waals surface area contributed by atoms with Gasteiger partial charge >= 0.3 is 6.09 Å². The van der Waals surface area contributed by atoms with Gasteiger partial charge in [0, 0.05) is 23.0 Å². The average molecular weight is 549 g/mol. The van der Waals surface area contributed by atoms with E-state index in [0.717, 1.165) is 16.7 Å². The molecule has 1 heterocycles. The van der Waals surface area contributed by atoms with Gasteiger partial charge in [0.25, 0.3) is 5.91 Å². The maximum absolute atomic E-state index is 15.4. The van der Waals surface area contributed by atoms with Crippen LogP contribution >= 0.6 is 0 Å². The van der Waals surface area contributed by atoms with Crippen LogP contribution in [0.25, 0.3) is 11.1 Å². The lowest BCUT2D eigenvalue weighted by Gasteiger charge is -2.26. The second-order valence-electron chi connectivity index (χ2n) is 9.65. The standard InChI is InChI=1S/C33H29FN4O3/c1-22-28(21-38(37-22)20-23-11-5-2-6-12-23)27-18-17-26(19-29(27)34)36-32(39)31(41-33(35)40)30(24-13-7-3-8-14-24)25-15-9-4-10-16-25/h2-19,21,30-31H,20H2,1H3,(H2,35,40)(H,36,39)/t31-/m0/s1. The van der Waals surface area contributed by atoms with E-state index in [4.69, 9.17) is 10.5 Å². The predicted octanol–water partition coefficient (Wildman–Crippen LogP) is 6.28. The number of hydrogen-bond acceptors (Lipinski definition) is 4. The minimum Gasteiger partial charge on any atom is -0.435 e. The summed E-state index contributed by atoms with van der Waals surface area (Å²) in [4.78, 5) is 25.4. The normalized spacial score (nSPS) is 11.7. The maximum Gasteiger partial charge on any atom is 0.405 e. The zero-order chi connectivity index (χ0) is 28.8. The number of halogens is 1. The molecule has 1 atom stereocenters. The van der Waals surface area contributed by atoms with Crippen molar-refractivity contribution in [3.05, 3.63) is 144 Å². The SMILES string of the molecule is Cc1nn(Cc2ccccc2)cc1-c1ccc(NC(=O)[C@@H](OC(N)=O)C(c2ccccc2)c2ccccc2)cc1F. The van der Waals surface area contributed by atoms with Crippen LogP contribution in [0.15, 0.2) is 115 Å². The van der Waals surface area contributed by atoms with E-state index in [1.807, 2.05) is 97.9 Å². The van der Waals surface area contributed by atoms with Gasteiger partial charge in [0.15, 0.2) is 6.10 Å². The Labute approximate surface area is 237 Å². The van der Waals surface area contributed by atoms with E-state index in [1.165, 1.54) is 6.07 Å². The highest BCUT2D eigenvalue weighted by Gasteiger charge is 2.34. The number of benzene rings is 4. The van der Waals surface area contributed by atoms with Gasteiger partial charge in [-0.15, -0.1) is 0 Å². The molecule has 0 aliphatic carbocycles. The molecule has 1 aromatic heterocycles. The predicted molar refractivity (Wildman–Crippen MR) is 156 cm³/mol. The zero-order valence-corrected chi connectivity index (χ0v) is 22.4. The van der Waals surface area contributed by atoms with Gasteiger partial charge in [-0.25, -0.2) is 9.18 Å². The first-order chi connectivity index (χ1) is 19.9. The second-order valence-corrected chi connectivity index (χ2v) is 9.65. The van der Waals surface area contributed by atoms with Crippen molar-refractivity contribution in [1.82, 2.24) is 9.78 Å². The number of hydrogen-bond donors (Lipinski definition) is 2. The molecule has 3 N–H and O–H groups in total. The number of nitrogens with two attached hydrogens (primary N) is 1. The first-order valence-electron chi connectivity index (χ1n) is 13.1. The van der Waals surface area contributed by atoms with E-state index in [2.05, 4.69) is 10.4 Å². The summed E-state index contributed by atoms with van der Waals surface area (Å²) in [6.07, 6.45) is -0.593. The van der Waals surface area contributed by atoms with Crippen LogP contribution in [0.1, 0.15) is 28.3 Å². The van der Waals surface area contributed by atoms with Gasteiger partial charge in [-0.05, 0) is 41.8 Å². The number of primary amides is 1. The summed E-state index contributed by atoms with van der Waals surface area (Å²) in [6.45, 7) is 2.38. The second kappa shape index (κ2) is 12.3. The number of rotatable bonds is 9. The summed E-state index contributed by atoms with van der Waals surface area (Å²) >= 11 is 0. The molecule has 0 radical (unpaired) electrons. The average Bonchev–Trinajstić information content (AvgIpc) is 3.33. The minimum absolute atomic E-state index is 0.212. The van der Waals surface area contributed by atoms with E-state index in [0.29, 0.717) is 23.4 Å². The lowest BCUT2D eigenvalue weighted by molar-refractivity contribution is -0.124. The molecule has 0 aliphatic rings. The molecule has 4 aromatic carbocycles. The number of nitrogens with one attached hydrogen (secondary N) is 1. The lowest BCUT2D eigenvalue weighted by Crippen LogP contribution is -2.39. The summed E-state index contributed by atoms with van der Waals surface area (Å²) in [5, 5.41) is 7.25. The Balaban J connectivity index is 1.40. The van der Waals surface area contributed by atoms with Crippen LogP contribution in [-0.4, -0.2) is 27.9 Å². The third-order valence-electron chi connectivity index (χ3n) is 6.78. The molecule has 0 fully saturated rings. The Hall–Kier alpha value is -5.24. The molecule has 7 nitrogen and oxygen atoms in total. The lowest BCUT2D eigenvalue weighted by atomic mass is 9.86. The molecule has 5 rings (SSSR count). The third-order valence-corrected chi connectivity index (χ3v) is 6.78. The molecule has 0 unspecified atom stereocenters. The highest BCUT2D eigenvalue weighted by Crippen LogP contribution is 2.32. The number of nitrogens with zero attached hydrogens (tertiary/aromatic N) is 2. The first kappa shape index (κ1) is 27.3. The van der Waals surface area contributed by atoms with Crippen molar-refractivity contribution in [3.63, 3.8) is 0 Å². The summed E-state index contributed by atoms with van der Waals surface area (Å²) in [5.41, 5.74) is 9.87. The van der Waals surface area contributed by atoms with Crippen LogP contribution in [0.4, 0.5) is 14.9 Å². The molecule has 0 aliphatic heterocycles. The van der Waals surface area contributed by atoms with Gasteiger partial charge in [-0.3, -0.25) is 9.48 Å². The van der Waals surface area contributed by atoms with E-state index < -0.39 is 29.8 Å². The van der Waals surface area contributed by atoms with Crippen molar-refractivity contribution < 1.29 is 18.7 Å². The molecule has 0 saturated carbocycles. The maximum atomic E-state index is 15.4. The van der Waals surface area contributed by atoms with Gasteiger partial charge in [0.1, 0.15) is 5.82 Å². The summed E-state index contributed by atoms with van der Waals surface area (Å²) in [7, 11) is 0. The molecule has 0 saturated heterocycles. The largest absolute Gasteiger partial charge is 0.435 e. The molecular formula is C33H29FN4O3. The number of amides is 2. The quantitative estimate of drug-likeness (QED) is 0.226. The van der Waals surface area contributed by atoms with Crippen LogP contribution in [0.2, 0.25) is 0 Å². The molecule has 206 valence electrons. The van der Waals surface area contributed by atoms with E-state index >= 15 is 4.39 Å². The fourth-order valence-electron chi connectivity index (χ4n) is 4.92. The fraction of sp³-hybridized carbons (Fsp3) is 0.121. The fourth-order valence-corrected chi connectivity index (χ4v) is 4.92. The summed E-state index contributed by atoms with van der Waals surface area (Å²) in [5.74, 6) is -1.81.